The van der Waals surface area contributed by atoms with E-state index in [0.29, 0.717) is 19.0 Å². The molecule has 0 aliphatic heterocycles. The fraction of sp³-hybridized carbons (Fsp3) is 0.421. The first-order valence-electron chi connectivity index (χ1n) is 8.87. The van der Waals surface area contributed by atoms with Crippen molar-refractivity contribution in [3.05, 3.63) is 54.2 Å². The van der Waals surface area contributed by atoms with Crippen LogP contribution in [0.5, 0.6) is 0 Å². The third-order valence-electron chi connectivity index (χ3n) is 3.82. The second-order valence-corrected chi connectivity index (χ2v) is 5.84. The van der Waals surface area contributed by atoms with E-state index in [1.807, 2.05) is 37.3 Å². The molecular weight excluding hydrogens is 330 g/mol. The maximum Gasteiger partial charge on any atom is 0.244 e. The number of carbonyl (C=O) groups is 1. The Kier molecular flexibility index (Phi) is 8.18. The first kappa shape index (κ1) is 19.5. The molecule has 0 fully saturated rings. The smallest absolute Gasteiger partial charge is 0.244 e. The number of likely N-dealkylation sites (N-methyl/N-ethyl adjacent to an activating group) is 1. The lowest BCUT2D eigenvalue weighted by atomic mass is 10.2. The normalized spacial score (nSPS) is 11.2. The van der Waals surface area contributed by atoms with Crippen molar-refractivity contribution < 1.29 is 9.21 Å². The number of pyridine rings is 1. The van der Waals surface area contributed by atoms with E-state index in [0.717, 1.165) is 30.8 Å². The Balaban J connectivity index is 1.75. The van der Waals surface area contributed by atoms with Crippen LogP contribution in [-0.4, -0.2) is 55.0 Å². The average molecular weight is 357 g/mol. The molecule has 0 aliphatic carbocycles. The van der Waals surface area contributed by atoms with Gasteiger partial charge in [-0.25, -0.2) is 4.99 Å². The topological polar surface area (TPSA) is 82.8 Å². The monoisotopic (exact) mass is 357 g/mol. The highest BCUT2D eigenvalue weighted by Crippen LogP contribution is 1.99. The molecular formula is C19H27N5O2. The fourth-order valence-electron chi connectivity index (χ4n) is 2.32. The SMILES string of the molecule is CCNC(=NCC(=O)N(C)CCc1ccccn1)NCCc1ccco1. The molecule has 0 saturated carbocycles. The molecule has 2 aromatic heterocycles. The first-order valence-corrected chi connectivity index (χ1v) is 8.87. The minimum atomic E-state index is -0.0239. The second-order valence-electron chi connectivity index (χ2n) is 5.84. The van der Waals surface area contributed by atoms with Crippen molar-refractivity contribution >= 4 is 11.9 Å². The van der Waals surface area contributed by atoms with Crippen molar-refractivity contribution in [3.63, 3.8) is 0 Å². The number of rotatable bonds is 9. The number of aliphatic imine (C=N–C) groups is 1. The molecule has 26 heavy (non-hydrogen) atoms. The zero-order chi connectivity index (χ0) is 18.6. The van der Waals surface area contributed by atoms with E-state index in [4.69, 9.17) is 4.42 Å². The van der Waals surface area contributed by atoms with Crippen molar-refractivity contribution in [2.75, 3.05) is 33.2 Å². The predicted molar refractivity (Wildman–Crippen MR) is 102 cm³/mol. The van der Waals surface area contributed by atoms with E-state index < -0.39 is 0 Å². The summed E-state index contributed by atoms with van der Waals surface area (Å²) in [5, 5.41) is 6.35. The zero-order valence-corrected chi connectivity index (χ0v) is 15.4. The number of nitrogens with zero attached hydrogens (tertiary/aromatic N) is 3. The third kappa shape index (κ3) is 6.96. The Bertz CT molecular complexity index is 671. The van der Waals surface area contributed by atoms with Gasteiger partial charge in [0.1, 0.15) is 12.3 Å². The quantitative estimate of drug-likeness (QED) is 0.525. The van der Waals surface area contributed by atoms with E-state index in [9.17, 15) is 4.79 Å². The van der Waals surface area contributed by atoms with Crippen LogP contribution in [0.3, 0.4) is 0 Å². The predicted octanol–water partition coefficient (Wildman–Crippen LogP) is 1.47. The van der Waals surface area contributed by atoms with Crippen molar-refractivity contribution in [1.29, 1.82) is 0 Å². The number of hydrogen-bond donors (Lipinski definition) is 2. The Morgan fingerprint density at radius 2 is 2.12 bits per heavy atom. The zero-order valence-electron chi connectivity index (χ0n) is 15.4. The van der Waals surface area contributed by atoms with E-state index in [1.54, 1.807) is 24.4 Å². The molecule has 0 bridgehead atoms. The van der Waals surface area contributed by atoms with E-state index in [-0.39, 0.29) is 12.5 Å². The summed E-state index contributed by atoms with van der Waals surface area (Å²) in [6, 6.07) is 9.60. The van der Waals surface area contributed by atoms with Crippen LogP contribution in [0.25, 0.3) is 0 Å². The van der Waals surface area contributed by atoms with Gasteiger partial charge in [-0.15, -0.1) is 0 Å². The molecule has 2 N–H and O–H groups in total. The summed E-state index contributed by atoms with van der Waals surface area (Å²) in [5.74, 6) is 1.52. The molecule has 0 saturated heterocycles. The van der Waals surface area contributed by atoms with Crippen LogP contribution in [0, 0.1) is 0 Å². The third-order valence-corrected chi connectivity index (χ3v) is 3.82. The highest BCUT2D eigenvalue weighted by molar-refractivity contribution is 5.84. The van der Waals surface area contributed by atoms with E-state index >= 15 is 0 Å². The Labute approximate surface area is 154 Å². The lowest BCUT2D eigenvalue weighted by Gasteiger charge is -2.16. The molecule has 0 radical (unpaired) electrons. The highest BCUT2D eigenvalue weighted by Gasteiger charge is 2.09. The second kappa shape index (κ2) is 10.9. The largest absolute Gasteiger partial charge is 0.469 e. The maximum atomic E-state index is 12.3. The van der Waals surface area contributed by atoms with Crippen LogP contribution in [0.1, 0.15) is 18.4 Å². The molecule has 7 heteroatoms. The van der Waals surface area contributed by atoms with E-state index in [1.165, 1.54) is 0 Å². The molecule has 0 spiro atoms. The van der Waals surface area contributed by atoms with Crippen LogP contribution >= 0.6 is 0 Å². The van der Waals surface area contributed by atoms with Gasteiger partial charge in [0, 0.05) is 51.4 Å². The van der Waals surface area contributed by atoms with Crippen LogP contribution in [-0.2, 0) is 17.6 Å². The maximum absolute atomic E-state index is 12.3. The Hall–Kier alpha value is -2.83. The van der Waals surface area contributed by atoms with Gasteiger partial charge in [0.2, 0.25) is 5.91 Å². The number of hydrogen-bond acceptors (Lipinski definition) is 4. The summed E-state index contributed by atoms with van der Waals surface area (Å²) in [6.07, 6.45) is 4.91. The van der Waals surface area contributed by atoms with Crippen molar-refractivity contribution in [1.82, 2.24) is 20.5 Å². The number of furan rings is 1. The summed E-state index contributed by atoms with van der Waals surface area (Å²) >= 11 is 0. The summed E-state index contributed by atoms with van der Waals surface area (Å²) in [5.41, 5.74) is 0.976. The lowest BCUT2D eigenvalue weighted by molar-refractivity contribution is -0.128. The van der Waals surface area contributed by atoms with Gasteiger partial charge in [0.05, 0.1) is 6.26 Å². The first-order chi connectivity index (χ1) is 12.7. The average Bonchev–Trinajstić information content (AvgIpc) is 3.18. The fourth-order valence-corrected chi connectivity index (χ4v) is 2.32. The van der Waals surface area contributed by atoms with Crippen LogP contribution in [0.2, 0.25) is 0 Å². The van der Waals surface area contributed by atoms with Gasteiger partial charge in [0.15, 0.2) is 5.96 Å². The summed E-state index contributed by atoms with van der Waals surface area (Å²) in [4.78, 5) is 22.6. The molecule has 0 aliphatic rings. The van der Waals surface area contributed by atoms with Crippen LogP contribution in [0.15, 0.2) is 52.2 Å². The Morgan fingerprint density at radius 1 is 1.23 bits per heavy atom. The number of nitrogens with one attached hydrogen (secondary N) is 2. The molecule has 0 aromatic carbocycles. The van der Waals surface area contributed by atoms with Gasteiger partial charge < -0.3 is 20.0 Å². The minimum absolute atomic E-state index is 0.0239. The van der Waals surface area contributed by atoms with E-state index in [2.05, 4.69) is 20.6 Å². The molecule has 140 valence electrons. The van der Waals surface area contributed by atoms with Gasteiger partial charge >= 0.3 is 0 Å². The lowest BCUT2D eigenvalue weighted by Crippen LogP contribution is -2.39. The molecule has 2 heterocycles. The highest BCUT2D eigenvalue weighted by atomic mass is 16.3. The van der Waals surface area contributed by atoms with Crippen LogP contribution < -0.4 is 10.6 Å². The minimum Gasteiger partial charge on any atom is -0.469 e. The Morgan fingerprint density at radius 3 is 2.81 bits per heavy atom. The van der Waals surface area contributed by atoms with Crippen molar-refractivity contribution in [2.45, 2.75) is 19.8 Å². The molecule has 2 rings (SSSR count). The summed E-state index contributed by atoms with van der Waals surface area (Å²) < 4.78 is 5.30. The van der Waals surface area contributed by atoms with Gasteiger partial charge in [-0.05, 0) is 31.2 Å². The summed E-state index contributed by atoms with van der Waals surface area (Å²) in [6.45, 7) is 4.13. The van der Waals surface area contributed by atoms with Crippen molar-refractivity contribution in [3.8, 4) is 0 Å². The van der Waals surface area contributed by atoms with Gasteiger partial charge in [0.25, 0.3) is 0 Å². The molecule has 2 aromatic rings. The number of carbonyl (C=O) groups excluding carboxylic acids is 1. The molecule has 0 atom stereocenters. The molecule has 0 unspecified atom stereocenters. The number of guanidine groups is 1. The van der Waals surface area contributed by atoms with Crippen molar-refractivity contribution in [2.24, 2.45) is 4.99 Å². The van der Waals surface area contributed by atoms with Gasteiger partial charge in [-0.2, -0.15) is 0 Å². The number of aromatic nitrogens is 1. The molecule has 7 nitrogen and oxygen atoms in total. The molecule has 1 amide bonds. The van der Waals surface area contributed by atoms with Crippen LogP contribution in [0.4, 0.5) is 0 Å². The number of amides is 1. The summed E-state index contributed by atoms with van der Waals surface area (Å²) in [7, 11) is 1.79. The van der Waals surface area contributed by atoms with Gasteiger partial charge in [-0.3, -0.25) is 9.78 Å². The standard InChI is InChI=1S/C19H27N5O2/c1-3-20-19(22-12-9-17-8-6-14-26-17)23-15-18(25)24(2)13-10-16-7-4-5-11-21-16/h4-8,11,14H,3,9-10,12-13,15H2,1-2H3,(H2,20,22,23). The van der Waals surface area contributed by atoms with Gasteiger partial charge in [-0.1, -0.05) is 6.07 Å².